The van der Waals surface area contributed by atoms with Gasteiger partial charge in [-0.3, -0.25) is 0 Å². The van der Waals surface area contributed by atoms with Crippen LogP contribution in [0.2, 0.25) is 0 Å². The predicted octanol–water partition coefficient (Wildman–Crippen LogP) is 2.61. The molecule has 1 N–H and O–H groups in total. The van der Waals surface area contributed by atoms with Crippen molar-refractivity contribution < 1.29 is 9.84 Å². The Morgan fingerprint density at radius 3 is 2.61 bits per heavy atom. The Labute approximate surface area is 111 Å². The van der Waals surface area contributed by atoms with Crippen LogP contribution in [-0.4, -0.2) is 23.3 Å². The van der Waals surface area contributed by atoms with Gasteiger partial charge in [-0.1, -0.05) is 12.1 Å². The van der Waals surface area contributed by atoms with E-state index >= 15 is 0 Å². The van der Waals surface area contributed by atoms with Crippen molar-refractivity contribution in [1.82, 2.24) is 4.98 Å². The standard InChI is InChI=1S/C14H17NO2S/c1-11-14(18-10-15-11)7-9-17-13-4-2-12(3-5-13)6-8-16/h2-5,10,16H,6-9H2,1H3. The summed E-state index contributed by atoms with van der Waals surface area (Å²) in [6, 6.07) is 7.88. The van der Waals surface area contributed by atoms with E-state index in [1.54, 1.807) is 11.3 Å². The molecule has 0 fully saturated rings. The largest absolute Gasteiger partial charge is 0.493 e. The van der Waals surface area contributed by atoms with Crippen LogP contribution in [-0.2, 0) is 12.8 Å². The zero-order chi connectivity index (χ0) is 12.8. The highest BCUT2D eigenvalue weighted by Crippen LogP contribution is 2.15. The zero-order valence-corrected chi connectivity index (χ0v) is 11.2. The quantitative estimate of drug-likeness (QED) is 0.871. The number of aliphatic hydroxyl groups excluding tert-OH is 1. The molecule has 0 aliphatic rings. The molecule has 0 bridgehead atoms. The first kappa shape index (κ1) is 13.1. The number of hydrogen-bond acceptors (Lipinski definition) is 4. The van der Waals surface area contributed by atoms with Crippen molar-refractivity contribution in [2.45, 2.75) is 19.8 Å². The Morgan fingerprint density at radius 2 is 2.00 bits per heavy atom. The van der Waals surface area contributed by atoms with Crippen molar-refractivity contribution >= 4 is 11.3 Å². The lowest BCUT2D eigenvalue weighted by molar-refractivity contribution is 0.299. The van der Waals surface area contributed by atoms with Crippen LogP contribution in [0.25, 0.3) is 0 Å². The molecule has 0 spiro atoms. The first-order chi connectivity index (χ1) is 8.79. The Bertz CT molecular complexity index is 479. The number of thiazole rings is 1. The van der Waals surface area contributed by atoms with Gasteiger partial charge < -0.3 is 9.84 Å². The summed E-state index contributed by atoms with van der Waals surface area (Å²) >= 11 is 1.67. The summed E-state index contributed by atoms with van der Waals surface area (Å²) in [5.74, 6) is 0.874. The Balaban J connectivity index is 1.81. The third-order valence-electron chi connectivity index (χ3n) is 2.77. The van der Waals surface area contributed by atoms with Crippen molar-refractivity contribution in [3.8, 4) is 5.75 Å². The molecule has 2 aromatic rings. The third kappa shape index (κ3) is 3.55. The van der Waals surface area contributed by atoms with E-state index in [0.717, 1.165) is 23.4 Å². The lowest BCUT2D eigenvalue weighted by Gasteiger charge is -2.06. The fourth-order valence-electron chi connectivity index (χ4n) is 1.71. The number of aliphatic hydroxyl groups is 1. The molecule has 0 aliphatic heterocycles. The van der Waals surface area contributed by atoms with E-state index in [2.05, 4.69) is 4.98 Å². The summed E-state index contributed by atoms with van der Waals surface area (Å²) in [5.41, 5.74) is 4.10. The molecular weight excluding hydrogens is 246 g/mol. The molecule has 0 aliphatic carbocycles. The minimum absolute atomic E-state index is 0.185. The average molecular weight is 263 g/mol. The van der Waals surface area contributed by atoms with Crippen LogP contribution in [0.5, 0.6) is 5.75 Å². The fraction of sp³-hybridized carbons (Fsp3) is 0.357. The Morgan fingerprint density at radius 1 is 1.22 bits per heavy atom. The van der Waals surface area contributed by atoms with Crippen molar-refractivity contribution in [1.29, 1.82) is 0 Å². The maximum absolute atomic E-state index is 8.83. The molecular formula is C14H17NO2S. The number of nitrogens with zero attached hydrogens (tertiary/aromatic N) is 1. The van der Waals surface area contributed by atoms with Gasteiger partial charge in [0.25, 0.3) is 0 Å². The average Bonchev–Trinajstić information content (AvgIpc) is 2.78. The van der Waals surface area contributed by atoms with Gasteiger partial charge in [0, 0.05) is 17.9 Å². The summed E-state index contributed by atoms with van der Waals surface area (Å²) in [6.07, 6.45) is 1.59. The van der Waals surface area contributed by atoms with Crippen molar-refractivity contribution in [2.24, 2.45) is 0 Å². The number of ether oxygens (including phenoxy) is 1. The predicted molar refractivity (Wildman–Crippen MR) is 73.3 cm³/mol. The van der Waals surface area contributed by atoms with Crippen molar-refractivity contribution in [2.75, 3.05) is 13.2 Å². The summed E-state index contributed by atoms with van der Waals surface area (Å²) in [7, 11) is 0. The molecule has 1 heterocycles. The second-order valence-corrected chi connectivity index (χ2v) is 5.02. The number of hydrogen-bond donors (Lipinski definition) is 1. The number of aromatic nitrogens is 1. The van der Waals surface area contributed by atoms with E-state index in [-0.39, 0.29) is 6.61 Å². The van der Waals surface area contributed by atoms with Gasteiger partial charge in [-0.05, 0) is 31.0 Å². The summed E-state index contributed by atoms with van der Waals surface area (Å²) in [5, 5.41) is 8.83. The highest BCUT2D eigenvalue weighted by molar-refractivity contribution is 7.09. The second kappa shape index (κ2) is 6.52. The maximum Gasteiger partial charge on any atom is 0.119 e. The summed E-state index contributed by atoms with van der Waals surface area (Å²) < 4.78 is 5.68. The van der Waals surface area contributed by atoms with E-state index in [1.165, 1.54) is 4.88 Å². The van der Waals surface area contributed by atoms with Crippen LogP contribution < -0.4 is 4.74 Å². The van der Waals surface area contributed by atoms with Gasteiger partial charge in [0.2, 0.25) is 0 Å². The van der Waals surface area contributed by atoms with Gasteiger partial charge in [-0.15, -0.1) is 11.3 Å². The van der Waals surface area contributed by atoms with Crippen molar-refractivity contribution in [3.63, 3.8) is 0 Å². The van der Waals surface area contributed by atoms with Gasteiger partial charge in [0.05, 0.1) is 17.8 Å². The fourth-order valence-corrected chi connectivity index (χ4v) is 2.47. The van der Waals surface area contributed by atoms with Gasteiger partial charge in [-0.2, -0.15) is 0 Å². The van der Waals surface area contributed by atoms with E-state index < -0.39 is 0 Å². The van der Waals surface area contributed by atoms with E-state index in [4.69, 9.17) is 9.84 Å². The first-order valence-electron chi connectivity index (χ1n) is 6.01. The lowest BCUT2D eigenvalue weighted by Crippen LogP contribution is -2.01. The van der Waals surface area contributed by atoms with E-state index in [9.17, 15) is 0 Å². The SMILES string of the molecule is Cc1ncsc1CCOc1ccc(CCO)cc1. The molecule has 3 nitrogen and oxygen atoms in total. The molecule has 0 atom stereocenters. The molecule has 0 radical (unpaired) electrons. The number of aryl methyl sites for hydroxylation is 1. The van der Waals surface area contributed by atoms with Gasteiger partial charge in [0.15, 0.2) is 0 Å². The van der Waals surface area contributed by atoms with Crippen LogP contribution in [0, 0.1) is 6.92 Å². The molecule has 0 saturated carbocycles. The topological polar surface area (TPSA) is 42.4 Å². The summed E-state index contributed by atoms with van der Waals surface area (Å²) in [4.78, 5) is 5.50. The molecule has 1 aromatic carbocycles. The lowest BCUT2D eigenvalue weighted by atomic mass is 10.1. The minimum atomic E-state index is 0.185. The molecule has 96 valence electrons. The first-order valence-corrected chi connectivity index (χ1v) is 6.89. The third-order valence-corrected chi connectivity index (χ3v) is 3.76. The van der Waals surface area contributed by atoms with Crippen LogP contribution >= 0.6 is 11.3 Å². The zero-order valence-electron chi connectivity index (χ0n) is 10.4. The monoisotopic (exact) mass is 263 g/mol. The van der Waals surface area contributed by atoms with E-state index in [0.29, 0.717) is 13.0 Å². The van der Waals surface area contributed by atoms with Crippen LogP contribution in [0.15, 0.2) is 29.8 Å². The molecule has 0 saturated heterocycles. The highest BCUT2D eigenvalue weighted by Gasteiger charge is 2.01. The van der Waals surface area contributed by atoms with Gasteiger partial charge >= 0.3 is 0 Å². The normalized spacial score (nSPS) is 10.6. The number of benzene rings is 1. The van der Waals surface area contributed by atoms with Gasteiger partial charge in [-0.25, -0.2) is 4.98 Å². The van der Waals surface area contributed by atoms with Gasteiger partial charge in [0.1, 0.15) is 5.75 Å². The molecule has 18 heavy (non-hydrogen) atoms. The highest BCUT2D eigenvalue weighted by atomic mass is 32.1. The van der Waals surface area contributed by atoms with Crippen LogP contribution in [0.4, 0.5) is 0 Å². The second-order valence-electron chi connectivity index (χ2n) is 4.08. The molecule has 4 heteroatoms. The van der Waals surface area contributed by atoms with Crippen LogP contribution in [0.3, 0.4) is 0 Å². The minimum Gasteiger partial charge on any atom is -0.493 e. The molecule has 0 amide bonds. The van der Waals surface area contributed by atoms with E-state index in [1.807, 2.05) is 36.7 Å². The smallest absolute Gasteiger partial charge is 0.119 e. The van der Waals surface area contributed by atoms with Crippen molar-refractivity contribution in [3.05, 3.63) is 45.9 Å². The Kier molecular flexibility index (Phi) is 4.73. The molecule has 1 aromatic heterocycles. The molecule has 0 unspecified atom stereocenters. The molecule has 2 rings (SSSR count). The number of rotatable bonds is 6. The summed E-state index contributed by atoms with van der Waals surface area (Å²) in [6.45, 7) is 2.88. The maximum atomic E-state index is 8.83. The van der Waals surface area contributed by atoms with Crippen LogP contribution in [0.1, 0.15) is 16.1 Å². The Hall–Kier alpha value is -1.39.